The largest absolute Gasteiger partial charge is 0.366 e. The molecular formula is C29H27O2P. The average molecular weight is 439 g/mol. The molecule has 0 saturated carbocycles. The van der Waals surface area contributed by atoms with Gasteiger partial charge in [-0.05, 0) is 46.5 Å². The fraction of sp³-hybridized carbons (Fsp3) is 0.138. The van der Waals surface area contributed by atoms with Crippen molar-refractivity contribution in [3.8, 4) is 22.3 Å². The molecule has 2 unspecified atom stereocenters. The van der Waals surface area contributed by atoms with E-state index in [4.69, 9.17) is 4.74 Å². The summed E-state index contributed by atoms with van der Waals surface area (Å²) in [4.78, 5) is 13.3. The van der Waals surface area contributed by atoms with Crippen LogP contribution in [-0.4, -0.2) is 12.9 Å². The summed E-state index contributed by atoms with van der Waals surface area (Å²) in [7, 11) is 4.33. The number of hydrogen-bond donors (Lipinski definition) is 0. The van der Waals surface area contributed by atoms with Crippen LogP contribution in [0, 0.1) is 0 Å². The second kappa shape index (κ2) is 9.61. The van der Waals surface area contributed by atoms with E-state index in [1.807, 2.05) is 61.5 Å². The Kier molecular flexibility index (Phi) is 6.65. The Morgan fingerprint density at radius 1 is 0.719 bits per heavy atom. The summed E-state index contributed by atoms with van der Waals surface area (Å²) in [5.74, 6) is -0.0537. The predicted octanol–water partition coefficient (Wildman–Crippen LogP) is 7.14. The highest BCUT2D eigenvalue weighted by Crippen LogP contribution is 2.30. The molecule has 0 spiro atoms. The predicted molar refractivity (Wildman–Crippen MR) is 136 cm³/mol. The second-order valence-electron chi connectivity index (χ2n) is 7.99. The van der Waals surface area contributed by atoms with Gasteiger partial charge in [0.2, 0.25) is 0 Å². The SMILES string of the molecule is COC(C)(C(=O)c1ccc(-c2ccc(-c3ccc(CP)cc3)cc2)cc1)c1ccccc1. The molecule has 0 aliphatic carbocycles. The van der Waals surface area contributed by atoms with Crippen molar-refractivity contribution >= 4 is 15.0 Å². The van der Waals surface area contributed by atoms with Gasteiger partial charge in [-0.1, -0.05) is 103 Å². The zero-order valence-electron chi connectivity index (χ0n) is 18.4. The lowest BCUT2D eigenvalue weighted by atomic mass is 9.87. The monoisotopic (exact) mass is 438 g/mol. The van der Waals surface area contributed by atoms with Gasteiger partial charge < -0.3 is 4.74 Å². The second-order valence-corrected chi connectivity index (χ2v) is 8.40. The molecule has 0 bridgehead atoms. The van der Waals surface area contributed by atoms with Crippen LogP contribution in [-0.2, 0) is 16.5 Å². The molecule has 0 aromatic heterocycles. The number of rotatable bonds is 7. The molecule has 2 atom stereocenters. The Morgan fingerprint density at radius 2 is 1.16 bits per heavy atom. The van der Waals surface area contributed by atoms with Crippen LogP contribution in [0.25, 0.3) is 22.3 Å². The fourth-order valence-electron chi connectivity index (χ4n) is 3.88. The van der Waals surface area contributed by atoms with Gasteiger partial charge in [0.05, 0.1) is 0 Å². The maximum Gasteiger partial charge on any atom is 0.198 e. The maximum atomic E-state index is 13.3. The number of benzene rings is 4. The van der Waals surface area contributed by atoms with Crippen LogP contribution in [0.15, 0.2) is 103 Å². The average Bonchev–Trinajstić information content (AvgIpc) is 2.88. The molecule has 160 valence electrons. The van der Waals surface area contributed by atoms with Crippen molar-refractivity contribution in [3.05, 3.63) is 120 Å². The maximum absolute atomic E-state index is 13.3. The minimum atomic E-state index is -1.02. The van der Waals surface area contributed by atoms with Crippen molar-refractivity contribution in [1.29, 1.82) is 0 Å². The van der Waals surface area contributed by atoms with Crippen LogP contribution in [0.1, 0.15) is 28.4 Å². The van der Waals surface area contributed by atoms with Crippen molar-refractivity contribution in [2.45, 2.75) is 18.7 Å². The van der Waals surface area contributed by atoms with Crippen LogP contribution in [0.4, 0.5) is 0 Å². The van der Waals surface area contributed by atoms with E-state index in [2.05, 4.69) is 57.8 Å². The number of carbonyl (C=O) groups is 1. The third-order valence-corrected chi connectivity index (χ3v) is 6.53. The summed E-state index contributed by atoms with van der Waals surface area (Å²) in [5, 5.41) is 0. The van der Waals surface area contributed by atoms with Gasteiger partial charge in [-0.3, -0.25) is 4.79 Å². The van der Waals surface area contributed by atoms with Gasteiger partial charge in [-0.15, -0.1) is 9.24 Å². The van der Waals surface area contributed by atoms with Crippen LogP contribution >= 0.6 is 9.24 Å². The highest BCUT2D eigenvalue weighted by molar-refractivity contribution is 7.15. The Labute approximate surface area is 192 Å². The van der Waals surface area contributed by atoms with Crippen molar-refractivity contribution in [1.82, 2.24) is 0 Å². The molecule has 0 radical (unpaired) electrons. The zero-order chi connectivity index (χ0) is 22.6. The van der Waals surface area contributed by atoms with Gasteiger partial charge in [0, 0.05) is 12.7 Å². The van der Waals surface area contributed by atoms with Crippen LogP contribution in [0.3, 0.4) is 0 Å². The van der Waals surface area contributed by atoms with Gasteiger partial charge in [0.1, 0.15) is 0 Å². The van der Waals surface area contributed by atoms with E-state index in [-0.39, 0.29) is 5.78 Å². The summed E-state index contributed by atoms with van der Waals surface area (Å²) in [6.07, 6.45) is 0.965. The van der Waals surface area contributed by atoms with Gasteiger partial charge in [-0.25, -0.2) is 0 Å². The summed E-state index contributed by atoms with van der Waals surface area (Å²) in [6, 6.07) is 34.6. The van der Waals surface area contributed by atoms with E-state index >= 15 is 0 Å². The third kappa shape index (κ3) is 4.43. The first-order valence-electron chi connectivity index (χ1n) is 10.7. The van der Waals surface area contributed by atoms with Crippen LogP contribution < -0.4 is 0 Å². The Balaban J connectivity index is 1.55. The smallest absolute Gasteiger partial charge is 0.198 e. The summed E-state index contributed by atoms with van der Waals surface area (Å²) in [6.45, 7) is 1.82. The van der Waals surface area contributed by atoms with Crippen molar-refractivity contribution in [3.63, 3.8) is 0 Å². The number of Topliss-reactive ketones (excluding diaryl/α,β-unsaturated/α-hetero) is 1. The molecule has 0 aliphatic rings. The van der Waals surface area contributed by atoms with E-state index < -0.39 is 5.60 Å². The molecule has 32 heavy (non-hydrogen) atoms. The van der Waals surface area contributed by atoms with Crippen LogP contribution in [0.2, 0.25) is 0 Å². The molecule has 0 fully saturated rings. The molecule has 0 aliphatic heterocycles. The minimum absolute atomic E-state index is 0.0537. The number of carbonyl (C=O) groups excluding carboxylic acids is 1. The molecule has 0 N–H and O–H groups in total. The lowest BCUT2D eigenvalue weighted by molar-refractivity contribution is 0.0101. The third-order valence-electron chi connectivity index (χ3n) is 6.05. The standard InChI is InChI=1S/C29H27O2P/c1-29(31-2,27-6-4-3-5-7-27)28(30)26-18-16-25(17-19-26)24-14-12-23(13-15-24)22-10-8-21(20-32)9-11-22/h3-19H,20,32H2,1-2H3. The zero-order valence-corrected chi connectivity index (χ0v) is 19.6. The molecule has 0 saturated heterocycles. The van der Waals surface area contributed by atoms with Gasteiger partial charge in [0.25, 0.3) is 0 Å². The number of ether oxygens (including phenoxy) is 1. The molecular weight excluding hydrogens is 411 g/mol. The summed E-state index contributed by atoms with van der Waals surface area (Å²) < 4.78 is 5.67. The summed E-state index contributed by atoms with van der Waals surface area (Å²) >= 11 is 0. The number of ketones is 1. The fourth-order valence-corrected chi connectivity index (χ4v) is 4.15. The van der Waals surface area contributed by atoms with E-state index in [9.17, 15) is 4.79 Å². The van der Waals surface area contributed by atoms with E-state index in [0.717, 1.165) is 22.9 Å². The van der Waals surface area contributed by atoms with Crippen molar-refractivity contribution in [2.75, 3.05) is 7.11 Å². The van der Waals surface area contributed by atoms with E-state index in [1.165, 1.54) is 16.7 Å². The first-order valence-corrected chi connectivity index (χ1v) is 11.5. The first-order chi connectivity index (χ1) is 15.5. The molecule has 3 heteroatoms. The lowest BCUT2D eigenvalue weighted by Crippen LogP contribution is -2.34. The molecule has 0 amide bonds. The molecule has 4 aromatic rings. The Hall–Kier alpha value is -3.06. The van der Waals surface area contributed by atoms with Gasteiger partial charge in [0.15, 0.2) is 11.4 Å². The lowest BCUT2D eigenvalue weighted by Gasteiger charge is -2.27. The number of methoxy groups -OCH3 is 1. The van der Waals surface area contributed by atoms with Crippen molar-refractivity contribution < 1.29 is 9.53 Å². The Bertz CT molecular complexity index is 1180. The molecule has 4 aromatic carbocycles. The number of hydrogen-bond acceptors (Lipinski definition) is 2. The van der Waals surface area contributed by atoms with Gasteiger partial charge >= 0.3 is 0 Å². The highest BCUT2D eigenvalue weighted by atomic mass is 31.0. The summed E-state index contributed by atoms with van der Waals surface area (Å²) in [5.41, 5.74) is 6.36. The normalized spacial score (nSPS) is 12.8. The quantitative estimate of drug-likeness (QED) is 0.226. The van der Waals surface area contributed by atoms with Crippen LogP contribution in [0.5, 0.6) is 0 Å². The van der Waals surface area contributed by atoms with E-state index in [1.54, 1.807) is 7.11 Å². The molecule has 0 heterocycles. The first kappa shape index (κ1) is 22.1. The molecule has 2 nitrogen and oxygen atoms in total. The van der Waals surface area contributed by atoms with Gasteiger partial charge in [-0.2, -0.15) is 0 Å². The topological polar surface area (TPSA) is 26.3 Å². The van der Waals surface area contributed by atoms with Crippen molar-refractivity contribution in [2.24, 2.45) is 0 Å². The Morgan fingerprint density at radius 3 is 1.59 bits per heavy atom. The van der Waals surface area contributed by atoms with E-state index in [0.29, 0.717) is 5.56 Å². The minimum Gasteiger partial charge on any atom is -0.366 e. The highest BCUT2D eigenvalue weighted by Gasteiger charge is 2.35. The molecule has 4 rings (SSSR count).